The SMILES string of the molecule is O=C(Nc1ccc(Oc2ccccc2)cc1)c1cc(C2CC2)on1. The quantitative estimate of drug-likeness (QED) is 0.746. The predicted molar refractivity (Wildman–Crippen MR) is 89.4 cm³/mol. The summed E-state index contributed by atoms with van der Waals surface area (Å²) < 4.78 is 10.9. The highest BCUT2D eigenvalue weighted by Gasteiger charge is 2.28. The zero-order valence-electron chi connectivity index (χ0n) is 12.9. The summed E-state index contributed by atoms with van der Waals surface area (Å²) in [5, 5.41) is 6.64. The zero-order chi connectivity index (χ0) is 16.4. The van der Waals surface area contributed by atoms with Gasteiger partial charge in [-0.3, -0.25) is 4.79 Å². The maximum atomic E-state index is 12.2. The van der Waals surface area contributed by atoms with Crippen LogP contribution in [0.25, 0.3) is 0 Å². The molecule has 4 rings (SSSR count). The van der Waals surface area contributed by atoms with Crippen molar-refractivity contribution < 1.29 is 14.1 Å². The number of benzene rings is 2. The van der Waals surface area contributed by atoms with E-state index >= 15 is 0 Å². The molecule has 1 aliphatic carbocycles. The molecule has 120 valence electrons. The summed E-state index contributed by atoms with van der Waals surface area (Å²) in [5.74, 6) is 2.43. The van der Waals surface area contributed by atoms with Gasteiger partial charge < -0.3 is 14.6 Å². The third kappa shape index (κ3) is 3.30. The Hall–Kier alpha value is -3.08. The summed E-state index contributed by atoms with van der Waals surface area (Å²) in [5.41, 5.74) is 0.984. The second-order valence-corrected chi connectivity index (χ2v) is 5.78. The van der Waals surface area contributed by atoms with Crippen molar-refractivity contribution >= 4 is 11.6 Å². The van der Waals surface area contributed by atoms with Gasteiger partial charge in [-0.15, -0.1) is 0 Å². The Morgan fingerprint density at radius 2 is 1.75 bits per heavy atom. The van der Waals surface area contributed by atoms with Crippen molar-refractivity contribution in [3.05, 3.63) is 72.1 Å². The Morgan fingerprint density at radius 3 is 2.46 bits per heavy atom. The second-order valence-electron chi connectivity index (χ2n) is 5.78. The van der Waals surface area contributed by atoms with Crippen LogP contribution < -0.4 is 10.1 Å². The molecule has 5 heteroatoms. The molecule has 0 radical (unpaired) electrons. The summed E-state index contributed by atoms with van der Waals surface area (Å²) in [6.45, 7) is 0. The maximum Gasteiger partial charge on any atom is 0.277 e. The lowest BCUT2D eigenvalue weighted by Crippen LogP contribution is -2.12. The number of carbonyl (C=O) groups excluding carboxylic acids is 1. The summed E-state index contributed by atoms with van der Waals surface area (Å²) in [4.78, 5) is 12.2. The third-order valence-corrected chi connectivity index (χ3v) is 3.83. The van der Waals surface area contributed by atoms with Crippen LogP contribution in [0.15, 0.2) is 65.2 Å². The van der Waals surface area contributed by atoms with Gasteiger partial charge in [-0.25, -0.2) is 0 Å². The molecule has 0 saturated heterocycles. The van der Waals surface area contributed by atoms with Crippen LogP contribution in [0.4, 0.5) is 5.69 Å². The van der Waals surface area contributed by atoms with Crippen molar-refractivity contribution in [3.8, 4) is 11.5 Å². The van der Waals surface area contributed by atoms with Crippen molar-refractivity contribution in [1.82, 2.24) is 5.16 Å². The predicted octanol–water partition coefficient (Wildman–Crippen LogP) is 4.60. The summed E-state index contributed by atoms with van der Waals surface area (Å²) in [7, 11) is 0. The van der Waals surface area contributed by atoms with E-state index in [2.05, 4.69) is 10.5 Å². The van der Waals surface area contributed by atoms with Gasteiger partial charge in [-0.05, 0) is 49.2 Å². The molecular formula is C19H16N2O3. The van der Waals surface area contributed by atoms with Crippen molar-refractivity contribution in [2.24, 2.45) is 0 Å². The highest BCUT2D eigenvalue weighted by molar-refractivity contribution is 6.02. The smallest absolute Gasteiger partial charge is 0.277 e. The van der Waals surface area contributed by atoms with Gasteiger partial charge in [0.25, 0.3) is 5.91 Å². The number of nitrogens with one attached hydrogen (secondary N) is 1. The van der Waals surface area contributed by atoms with E-state index < -0.39 is 0 Å². The Labute approximate surface area is 139 Å². The van der Waals surface area contributed by atoms with E-state index in [-0.39, 0.29) is 5.91 Å². The average Bonchev–Trinajstić information content (AvgIpc) is 3.34. The topological polar surface area (TPSA) is 64.4 Å². The second kappa shape index (κ2) is 6.20. The van der Waals surface area contributed by atoms with Gasteiger partial charge in [0, 0.05) is 17.7 Å². The van der Waals surface area contributed by atoms with Crippen LogP contribution in [-0.2, 0) is 0 Å². The molecule has 1 saturated carbocycles. The lowest BCUT2D eigenvalue weighted by atomic mass is 10.2. The van der Waals surface area contributed by atoms with Crippen LogP contribution in [-0.4, -0.2) is 11.1 Å². The molecular weight excluding hydrogens is 304 g/mol. The van der Waals surface area contributed by atoms with Crippen LogP contribution >= 0.6 is 0 Å². The van der Waals surface area contributed by atoms with Crippen molar-refractivity contribution in [2.45, 2.75) is 18.8 Å². The zero-order valence-corrected chi connectivity index (χ0v) is 12.9. The third-order valence-electron chi connectivity index (χ3n) is 3.83. The minimum atomic E-state index is -0.276. The van der Waals surface area contributed by atoms with E-state index in [1.807, 2.05) is 30.3 Å². The van der Waals surface area contributed by atoms with Crippen molar-refractivity contribution in [3.63, 3.8) is 0 Å². The van der Waals surface area contributed by atoms with Crippen LogP contribution in [0.5, 0.6) is 11.5 Å². The minimum Gasteiger partial charge on any atom is -0.457 e. The van der Waals surface area contributed by atoms with E-state index in [0.717, 1.165) is 24.4 Å². The fourth-order valence-electron chi connectivity index (χ4n) is 2.38. The van der Waals surface area contributed by atoms with E-state index in [0.29, 0.717) is 23.0 Å². The Morgan fingerprint density at radius 1 is 1.04 bits per heavy atom. The minimum absolute atomic E-state index is 0.276. The van der Waals surface area contributed by atoms with E-state index in [4.69, 9.17) is 9.26 Å². The van der Waals surface area contributed by atoms with Crippen LogP contribution in [0.2, 0.25) is 0 Å². The van der Waals surface area contributed by atoms with E-state index in [1.54, 1.807) is 30.3 Å². The number of amides is 1. The molecule has 1 heterocycles. The van der Waals surface area contributed by atoms with Crippen LogP contribution in [0, 0.1) is 0 Å². The molecule has 0 unspecified atom stereocenters. The molecule has 1 N–H and O–H groups in total. The maximum absolute atomic E-state index is 12.2. The van der Waals surface area contributed by atoms with Gasteiger partial charge in [0.1, 0.15) is 17.3 Å². The summed E-state index contributed by atoms with van der Waals surface area (Å²) in [6, 6.07) is 18.5. The number of hydrogen-bond donors (Lipinski definition) is 1. The highest BCUT2D eigenvalue weighted by Crippen LogP contribution is 2.40. The number of para-hydroxylation sites is 1. The lowest BCUT2D eigenvalue weighted by Gasteiger charge is -2.07. The monoisotopic (exact) mass is 320 g/mol. The molecule has 5 nitrogen and oxygen atoms in total. The number of rotatable bonds is 5. The molecule has 0 atom stereocenters. The fraction of sp³-hybridized carbons (Fsp3) is 0.158. The standard InChI is InChI=1S/C19H16N2O3/c22-19(17-12-18(24-21-17)13-6-7-13)20-14-8-10-16(11-9-14)23-15-4-2-1-3-5-15/h1-5,8-13H,6-7H2,(H,20,22). The van der Waals surface area contributed by atoms with E-state index in [1.165, 1.54) is 0 Å². The van der Waals surface area contributed by atoms with Crippen molar-refractivity contribution in [2.75, 3.05) is 5.32 Å². The van der Waals surface area contributed by atoms with E-state index in [9.17, 15) is 4.79 Å². The molecule has 3 aromatic rings. The van der Waals surface area contributed by atoms with Gasteiger partial charge in [-0.1, -0.05) is 23.4 Å². The molecule has 1 fully saturated rings. The first-order valence-corrected chi connectivity index (χ1v) is 7.89. The van der Waals surface area contributed by atoms with Crippen molar-refractivity contribution in [1.29, 1.82) is 0 Å². The Balaban J connectivity index is 1.40. The molecule has 1 aromatic heterocycles. The van der Waals surface area contributed by atoms with Crippen LogP contribution in [0.1, 0.15) is 35.0 Å². The lowest BCUT2D eigenvalue weighted by molar-refractivity contribution is 0.101. The van der Waals surface area contributed by atoms with Gasteiger partial charge in [0.15, 0.2) is 5.69 Å². The first-order chi connectivity index (χ1) is 11.8. The molecule has 24 heavy (non-hydrogen) atoms. The molecule has 0 bridgehead atoms. The Kier molecular flexibility index (Phi) is 3.75. The largest absolute Gasteiger partial charge is 0.457 e. The first kappa shape index (κ1) is 14.5. The molecule has 1 aliphatic rings. The number of carbonyl (C=O) groups is 1. The van der Waals surface area contributed by atoms with Gasteiger partial charge in [-0.2, -0.15) is 0 Å². The summed E-state index contributed by atoms with van der Waals surface area (Å²) >= 11 is 0. The number of hydrogen-bond acceptors (Lipinski definition) is 4. The first-order valence-electron chi connectivity index (χ1n) is 7.89. The van der Waals surface area contributed by atoms with Gasteiger partial charge in [0.2, 0.25) is 0 Å². The van der Waals surface area contributed by atoms with Crippen LogP contribution in [0.3, 0.4) is 0 Å². The normalized spacial score (nSPS) is 13.5. The molecule has 1 amide bonds. The molecule has 0 aliphatic heterocycles. The number of nitrogens with zero attached hydrogens (tertiary/aromatic N) is 1. The molecule has 0 spiro atoms. The number of aromatic nitrogens is 1. The average molecular weight is 320 g/mol. The fourth-order valence-corrected chi connectivity index (χ4v) is 2.38. The Bertz CT molecular complexity index is 837. The van der Waals surface area contributed by atoms with Gasteiger partial charge >= 0.3 is 0 Å². The number of ether oxygens (including phenoxy) is 1. The number of anilines is 1. The highest BCUT2D eigenvalue weighted by atomic mass is 16.5. The van der Waals surface area contributed by atoms with Gasteiger partial charge in [0.05, 0.1) is 0 Å². The summed E-state index contributed by atoms with van der Waals surface area (Å²) in [6.07, 6.45) is 2.22. The molecule has 2 aromatic carbocycles.